The average Bonchev–Trinajstić information content (AvgIpc) is 2.15. The highest BCUT2D eigenvalue weighted by Gasteiger charge is 2.27. The number of nitrogen functional groups attached to an aromatic ring is 1. The maximum atomic E-state index is 11.5. The smallest absolute Gasteiger partial charge is 0.323 e. The summed E-state index contributed by atoms with van der Waals surface area (Å²) in [6, 6.07) is 6.06. The van der Waals surface area contributed by atoms with Crippen molar-refractivity contribution < 1.29 is 18.3 Å². The van der Waals surface area contributed by atoms with Crippen LogP contribution in [0.25, 0.3) is 0 Å². The van der Waals surface area contributed by atoms with E-state index < -0.39 is 21.2 Å². The SMILES string of the molecule is CC(C(=O)O)S(=O)(=O)Nc1cccc(N)c1. The van der Waals surface area contributed by atoms with E-state index in [1.807, 2.05) is 0 Å². The molecule has 0 fully saturated rings. The van der Waals surface area contributed by atoms with E-state index in [0.29, 0.717) is 5.69 Å². The van der Waals surface area contributed by atoms with Gasteiger partial charge in [0.25, 0.3) is 0 Å². The number of hydrogen-bond donors (Lipinski definition) is 3. The number of benzene rings is 1. The van der Waals surface area contributed by atoms with Crippen molar-refractivity contribution in [3.05, 3.63) is 24.3 Å². The third-order valence-electron chi connectivity index (χ3n) is 1.96. The van der Waals surface area contributed by atoms with E-state index in [2.05, 4.69) is 4.72 Å². The number of anilines is 2. The molecule has 1 unspecified atom stereocenters. The molecule has 0 heterocycles. The highest BCUT2D eigenvalue weighted by Crippen LogP contribution is 2.15. The van der Waals surface area contributed by atoms with E-state index in [1.165, 1.54) is 12.1 Å². The van der Waals surface area contributed by atoms with Crippen molar-refractivity contribution in [3.8, 4) is 0 Å². The first-order valence-corrected chi connectivity index (χ1v) is 5.97. The summed E-state index contributed by atoms with van der Waals surface area (Å²) in [6.07, 6.45) is 0. The minimum absolute atomic E-state index is 0.244. The molecule has 7 heteroatoms. The van der Waals surface area contributed by atoms with Crippen LogP contribution in [0.1, 0.15) is 6.92 Å². The topological polar surface area (TPSA) is 109 Å². The summed E-state index contributed by atoms with van der Waals surface area (Å²) >= 11 is 0. The summed E-state index contributed by atoms with van der Waals surface area (Å²) in [4.78, 5) is 10.6. The van der Waals surface area contributed by atoms with Crippen LogP contribution in [0, 0.1) is 0 Å². The zero-order valence-corrected chi connectivity index (χ0v) is 9.36. The standard InChI is InChI=1S/C9H12N2O4S/c1-6(9(12)13)16(14,15)11-8-4-2-3-7(10)5-8/h2-6,11H,10H2,1H3,(H,12,13). The first-order valence-electron chi connectivity index (χ1n) is 4.43. The number of carboxylic acid groups (broad SMARTS) is 1. The predicted octanol–water partition coefficient (Wildman–Crippen LogP) is 0.484. The first kappa shape index (κ1) is 12.3. The van der Waals surface area contributed by atoms with Gasteiger partial charge in [-0.15, -0.1) is 0 Å². The lowest BCUT2D eigenvalue weighted by molar-refractivity contribution is -0.136. The van der Waals surface area contributed by atoms with E-state index in [9.17, 15) is 13.2 Å². The molecule has 0 amide bonds. The zero-order valence-electron chi connectivity index (χ0n) is 8.54. The number of carboxylic acids is 1. The summed E-state index contributed by atoms with van der Waals surface area (Å²) in [6.45, 7) is 1.09. The second-order valence-corrected chi connectivity index (χ2v) is 5.25. The Bertz CT molecular complexity index is 498. The molecule has 0 aliphatic carbocycles. The van der Waals surface area contributed by atoms with Gasteiger partial charge in [-0.2, -0.15) is 0 Å². The van der Waals surface area contributed by atoms with Crippen molar-refractivity contribution in [3.63, 3.8) is 0 Å². The van der Waals surface area contributed by atoms with E-state index >= 15 is 0 Å². The maximum absolute atomic E-state index is 11.5. The second-order valence-electron chi connectivity index (χ2n) is 3.25. The largest absolute Gasteiger partial charge is 0.480 e. The second kappa shape index (κ2) is 4.40. The quantitative estimate of drug-likeness (QED) is 0.667. The molecule has 88 valence electrons. The van der Waals surface area contributed by atoms with Crippen molar-refractivity contribution in [1.82, 2.24) is 0 Å². The Hall–Kier alpha value is -1.76. The Labute approximate surface area is 93.1 Å². The average molecular weight is 244 g/mol. The van der Waals surface area contributed by atoms with Crippen molar-refractivity contribution in [2.75, 3.05) is 10.5 Å². The first-order chi connectivity index (χ1) is 7.33. The fourth-order valence-electron chi connectivity index (χ4n) is 0.988. The number of nitrogens with two attached hydrogens (primary N) is 1. The molecule has 0 aromatic heterocycles. The summed E-state index contributed by atoms with van der Waals surface area (Å²) < 4.78 is 25.2. The van der Waals surface area contributed by atoms with Crippen LogP contribution in [-0.2, 0) is 14.8 Å². The molecule has 0 spiro atoms. The van der Waals surface area contributed by atoms with Gasteiger partial charge in [0, 0.05) is 5.69 Å². The fourth-order valence-corrected chi connectivity index (χ4v) is 1.89. The van der Waals surface area contributed by atoms with Crippen molar-refractivity contribution in [2.24, 2.45) is 0 Å². The van der Waals surface area contributed by atoms with Crippen LogP contribution >= 0.6 is 0 Å². The third kappa shape index (κ3) is 2.86. The van der Waals surface area contributed by atoms with Gasteiger partial charge in [-0.1, -0.05) is 6.07 Å². The van der Waals surface area contributed by atoms with Crippen LogP contribution in [0.2, 0.25) is 0 Å². The van der Waals surface area contributed by atoms with Crippen LogP contribution in [0.5, 0.6) is 0 Å². The number of carbonyl (C=O) groups is 1. The Morgan fingerprint density at radius 3 is 2.62 bits per heavy atom. The van der Waals surface area contributed by atoms with Crippen LogP contribution in [-0.4, -0.2) is 24.7 Å². The molecule has 0 radical (unpaired) electrons. The third-order valence-corrected chi connectivity index (χ3v) is 3.61. The summed E-state index contributed by atoms with van der Waals surface area (Å²) in [7, 11) is -3.93. The summed E-state index contributed by atoms with van der Waals surface area (Å²) in [5.74, 6) is -1.41. The number of aliphatic carboxylic acids is 1. The van der Waals surface area contributed by atoms with E-state index in [0.717, 1.165) is 6.92 Å². The molecule has 1 rings (SSSR count). The van der Waals surface area contributed by atoms with Crippen LogP contribution in [0.4, 0.5) is 11.4 Å². The Morgan fingerprint density at radius 1 is 1.50 bits per heavy atom. The van der Waals surface area contributed by atoms with Gasteiger partial charge >= 0.3 is 5.97 Å². The van der Waals surface area contributed by atoms with E-state index in [4.69, 9.17) is 10.8 Å². The van der Waals surface area contributed by atoms with Gasteiger partial charge in [-0.3, -0.25) is 9.52 Å². The van der Waals surface area contributed by atoms with Gasteiger partial charge in [0.1, 0.15) is 0 Å². The van der Waals surface area contributed by atoms with Gasteiger partial charge in [-0.05, 0) is 25.1 Å². The molecular formula is C9H12N2O4S. The molecular weight excluding hydrogens is 232 g/mol. The molecule has 0 saturated carbocycles. The molecule has 0 aliphatic rings. The zero-order chi connectivity index (χ0) is 12.3. The molecule has 1 atom stereocenters. The predicted molar refractivity (Wildman–Crippen MR) is 60.5 cm³/mol. The minimum Gasteiger partial charge on any atom is -0.480 e. The van der Waals surface area contributed by atoms with E-state index in [1.54, 1.807) is 12.1 Å². The monoisotopic (exact) mass is 244 g/mol. The molecule has 4 N–H and O–H groups in total. The van der Waals surface area contributed by atoms with Crippen LogP contribution in [0.3, 0.4) is 0 Å². The summed E-state index contributed by atoms with van der Waals surface area (Å²) in [5.41, 5.74) is 6.10. The fraction of sp³-hybridized carbons (Fsp3) is 0.222. The molecule has 1 aromatic carbocycles. The minimum atomic E-state index is -3.93. The maximum Gasteiger partial charge on any atom is 0.323 e. The van der Waals surface area contributed by atoms with Crippen LogP contribution < -0.4 is 10.5 Å². The van der Waals surface area contributed by atoms with Gasteiger partial charge < -0.3 is 10.8 Å². The molecule has 0 saturated heterocycles. The Balaban J connectivity index is 2.93. The van der Waals surface area contributed by atoms with Gasteiger partial charge in [0.05, 0.1) is 5.69 Å². The summed E-state index contributed by atoms with van der Waals surface area (Å²) in [5, 5.41) is 7.09. The normalized spacial score (nSPS) is 13.1. The van der Waals surface area contributed by atoms with E-state index in [-0.39, 0.29) is 5.69 Å². The number of sulfonamides is 1. The van der Waals surface area contributed by atoms with Crippen molar-refractivity contribution in [1.29, 1.82) is 0 Å². The molecule has 1 aromatic rings. The number of rotatable bonds is 4. The van der Waals surface area contributed by atoms with Crippen molar-refractivity contribution >= 4 is 27.4 Å². The number of nitrogens with one attached hydrogen (secondary N) is 1. The Kier molecular flexibility index (Phi) is 3.38. The number of hydrogen-bond acceptors (Lipinski definition) is 4. The molecule has 0 bridgehead atoms. The lowest BCUT2D eigenvalue weighted by Crippen LogP contribution is -2.32. The lowest BCUT2D eigenvalue weighted by Gasteiger charge is -2.11. The highest BCUT2D eigenvalue weighted by atomic mass is 32.2. The Morgan fingerprint density at radius 2 is 2.12 bits per heavy atom. The van der Waals surface area contributed by atoms with Gasteiger partial charge in [0.2, 0.25) is 10.0 Å². The molecule has 16 heavy (non-hydrogen) atoms. The molecule has 6 nitrogen and oxygen atoms in total. The van der Waals surface area contributed by atoms with Gasteiger partial charge in [0.15, 0.2) is 5.25 Å². The molecule has 0 aliphatic heterocycles. The van der Waals surface area contributed by atoms with Crippen LogP contribution in [0.15, 0.2) is 24.3 Å². The van der Waals surface area contributed by atoms with Gasteiger partial charge in [-0.25, -0.2) is 8.42 Å². The lowest BCUT2D eigenvalue weighted by atomic mass is 10.3. The van der Waals surface area contributed by atoms with Crippen molar-refractivity contribution in [2.45, 2.75) is 12.2 Å². The highest BCUT2D eigenvalue weighted by molar-refractivity contribution is 7.94.